The molecule has 0 spiro atoms. The Morgan fingerprint density at radius 1 is 1.26 bits per heavy atom. The Balaban J connectivity index is 1.36. The Morgan fingerprint density at radius 2 is 2.07 bits per heavy atom. The molecule has 4 rings (SSSR count). The van der Waals surface area contributed by atoms with Gasteiger partial charge in [-0.2, -0.15) is 10.2 Å². The second kappa shape index (κ2) is 7.76. The van der Waals surface area contributed by atoms with Crippen LogP contribution in [0.4, 0.5) is 10.1 Å². The highest BCUT2D eigenvalue weighted by Crippen LogP contribution is 2.28. The first kappa shape index (κ1) is 18.1. The van der Waals surface area contributed by atoms with Crippen molar-refractivity contribution in [3.8, 4) is 16.8 Å². The largest absolute Gasteiger partial charge is 0.367 e. The minimum Gasteiger partial charge on any atom is -0.367 e. The molecule has 0 bridgehead atoms. The van der Waals surface area contributed by atoms with Crippen molar-refractivity contribution in [3.63, 3.8) is 0 Å². The van der Waals surface area contributed by atoms with Crippen molar-refractivity contribution in [2.24, 2.45) is 0 Å². The van der Waals surface area contributed by atoms with Gasteiger partial charge in [0.05, 0.1) is 28.7 Å². The normalized spacial score (nSPS) is 15.1. The van der Waals surface area contributed by atoms with Gasteiger partial charge in [0.25, 0.3) is 0 Å². The topological polar surface area (TPSA) is 69.2 Å². The van der Waals surface area contributed by atoms with Crippen molar-refractivity contribution < 1.29 is 8.91 Å². The Kier molecular flexibility index (Phi) is 5.20. The van der Waals surface area contributed by atoms with Gasteiger partial charge in [-0.25, -0.2) is 4.39 Å². The molecular weight excluding hydrogens is 433 g/mol. The third kappa shape index (κ3) is 4.03. The van der Waals surface area contributed by atoms with E-state index in [2.05, 4.69) is 31.0 Å². The summed E-state index contributed by atoms with van der Waals surface area (Å²) >= 11 is 4.98. The maximum absolute atomic E-state index is 14.2. The number of aromatic nitrogens is 2. The highest BCUT2D eigenvalue weighted by molar-refractivity contribution is 9.10. The summed E-state index contributed by atoms with van der Waals surface area (Å²) in [6.45, 7) is 3.50. The monoisotopic (exact) mass is 447 g/mol. The lowest BCUT2D eigenvalue weighted by atomic mass is 10.2. The number of nitrogens with zero attached hydrogens (tertiary/aromatic N) is 5. The number of anilines is 1. The van der Waals surface area contributed by atoms with E-state index >= 15 is 0 Å². The zero-order valence-corrected chi connectivity index (χ0v) is 16.6. The number of nitriles is 1. The minimum atomic E-state index is -0.355. The summed E-state index contributed by atoms with van der Waals surface area (Å²) in [5, 5.41) is 14.9. The van der Waals surface area contributed by atoms with Crippen LogP contribution in [0.2, 0.25) is 0 Å². The lowest BCUT2D eigenvalue weighted by molar-refractivity contribution is 0.215. The first-order chi connectivity index (χ1) is 13.1. The van der Waals surface area contributed by atoms with Gasteiger partial charge in [-0.3, -0.25) is 4.90 Å². The van der Waals surface area contributed by atoms with Gasteiger partial charge in [0.2, 0.25) is 11.7 Å². The van der Waals surface area contributed by atoms with Crippen LogP contribution in [0.25, 0.3) is 10.7 Å². The molecule has 2 aromatic heterocycles. The third-order valence-corrected chi connectivity index (χ3v) is 6.09. The van der Waals surface area contributed by atoms with Gasteiger partial charge in [0.15, 0.2) is 0 Å². The van der Waals surface area contributed by atoms with Crippen LogP contribution in [-0.2, 0) is 6.54 Å². The Hall–Kier alpha value is -2.28. The molecule has 3 aromatic rings. The smallest absolute Gasteiger partial charge is 0.241 e. The summed E-state index contributed by atoms with van der Waals surface area (Å²) in [5.74, 6) is 0.817. The van der Waals surface area contributed by atoms with Gasteiger partial charge in [-0.1, -0.05) is 5.16 Å². The van der Waals surface area contributed by atoms with Gasteiger partial charge >= 0.3 is 0 Å². The number of hydrogen-bond donors (Lipinski definition) is 0. The van der Waals surface area contributed by atoms with Crippen molar-refractivity contribution in [1.82, 2.24) is 15.0 Å². The minimum absolute atomic E-state index is 0.333. The Bertz CT molecular complexity index is 990. The van der Waals surface area contributed by atoms with E-state index in [0.717, 1.165) is 22.4 Å². The quantitative estimate of drug-likeness (QED) is 0.603. The second-order valence-electron chi connectivity index (χ2n) is 6.18. The second-order valence-corrected chi connectivity index (χ2v) is 8.01. The van der Waals surface area contributed by atoms with Crippen molar-refractivity contribution in [2.45, 2.75) is 6.54 Å². The Labute approximate surface area is 168 Å². The van der Waals surface area contributed by atoms with Crippen molar-refractivity contribution >= 4 is 33.0 Å². The van der Waals surface area contributed by atoms with Gasteiger partial charge in [-0.15, -0.1) is 11.3 Å². The molecule has 0 saturated carbocycles. The summed E-state index contributed by atoms with van der Waals surface area (Å²) in [7, 11) is 0. The fraction of sp³-hybridized carbons (Fsp3) is 0.278. The van der Waals surface area contributed by atoms with Crippen LogP contribution in [0, 0.1) is 17.1 Å². The molecule has 27 heavy (non-hydrogen) atoms. The predicted molar refractivity (Wildman–Crippen MR) is 104 cm³/mol. The molecule has 0 unspecified atom stereocenters. The van der Waals surface area contributed by atoms with E-state index in [1.807, 2.05) is 22.4 Å². The van der Waals surface area contributed by atoms with Gasteiger partial charge in [0.1, 0.15) is 5.82 Å². The molecule has 9 heteroatoms. The molecule has 1 aromatic carbocycles. The van der Waals surface area contributed by atoms with Gasteiger partial charge in [-0.05, 0) is 40.2 Å². The van der Waals surface area contributed by atoms with Crippen LogP contribution in [0.3, 0.4) is 0 Å². The van der Waals surface area contributed by atoms with E-state index in [-0.39, 0.29) is 5.82 Å². The van der Waals surface area contributed by atoms with Crippen LogP contribution >= 0.6 is 27.3 Å². The lowest BCUT2D eigenvalue weighted by Gasteiger charge is -2.35. The van der Waals surface area contributed by atoms with Gasteiger partial charge < -0.3 is 9.42 Å². The Morgan fingerprint density at radius 3 is 2.74 bits per heavy atom. The zero-order valence-electron chi connectivity index (χ0n) is 14.2. The maximum Gasteiger partial charge on any atom is 0.241 e. The molecule has 0 aliphatic carbocycles. The van der Waals surface area contributed by atoms with E-state index in [0.29, 0.717) is 42.6 Å². The number of rotatable bonds is 4. The van der Waals surface area contributed by atoms with E-state index in [1.165, 1.54) is 6.07 Å². The molecule has 0 atom stereocenters. The molecule has 1 aliphatic rings. The van der Waals surface area contributed by atoms with Crippen LogP contribution in [0.1, 0.15) is 11.5 Å². The molecule has 6 nitrogen and oxygen atoms in total. The molecular formula is C18H15BrFN5OS. The van der Waals surface area contributed by atoms with Crippen molar-refractivity contribution in [1.29, 1.82) is 5.26 Å². The first-order valence-electron chi connectivity index (χ1n) is 8.36. The molecule has 1 saturated heterocycles. The van der Waals surface area contributed by atoms with Crippen LogP contribution in [0.5, 0.6) is 0 Å². The van der Waals surface area contributed by atoms with Crippen molar-refractivity contribution in [2.75, 3.05) is 31.1 Å². The number of piperazine rings is 1. The van der Waals surface area contributed by atoms with Crippen molar-refractivity contribution in [3.05, 3.63) is 51.4 Å². The number of benzene rings is 1. The summed E-state index contributed by atoms with van der Waals surface area (Å²) in [4.78, 5) is 9.62. The summed E-state index contributed by atoms with van der Waals surface area (Å²) in [6.07, 6.45) is 0. The van der Waals surface area contributed by atoms with Crippen LogP contribution in [-0.4, -0.2) is 41.2 Å². The SMILES string of the molecule is N#Cc1ccc(N2CCN(Cc3nc(-c4cc(Br)cs4)no3)CC2)c(F)c1. The molecule has 0 amide bonds. The molecule has 3 heterocycles. The summed E-state index contributed by atoms with van der Waals surface area (Å²) in [5.41, 5.74) is 0.872. The zero-order chi connectivity index (χ0) is 18.8. The van der Waals surface area contributed by atoms with Crippen LogP contribution < -0.4 is 4.90 Å². The van der Waals surface area contributed by atoms with E-state index in [1.54, 1.807) is 23.5 Å². The lowest BCUT2D eigenvalue weighted by Crippen LogP contribution is -2.46. The predicted octanol–water partition coefficient (Wildman–Crippen LogP) is 3.89. The molecule has 0 N–H and O–H groups in total. The molecule has 1 aliphatic heterocycles. The van der Waals surface area contributed by atoms with E-state index < -0.39 is 0 Å². The van der Waals surface area contributed by atoms with Gasteiger partial charge in [0, 0.05) is 36.0 Å². The standard InChI is InChI=1S/C18H15BrFN5OS/c19-13-8-16(27-11-13)18-22-17(26-23-18)10-24-3-5-25(6-4-24)15-2-1-12(9-21)7-14(15)20/h1-2,7-8,11H,3-6,10H2. The number of halogens is 2. The van der Waals surface area contributed by atoms with E-state index in [4.69, 9.17) is 9.78 Å². The molecule has 138 valence electrons. The fourth-order valence-corrected chi connectivity index (χ4v) is 4.37. The highest BCUT2D eigenvalue weighted by Gasteiger charge is 2.21. The number of hydrogen-bond acceptors (Lipinski definition) is 7. The molecule has 0 radical (unpaired) electrons. The number of thiophene rings is 1. The fourth-order valence-electron chi connectivity index (χ4n) is 3.02. The maximum atomic E-state index is 14.2. The highest BCUT2D eigenvalue weighted by atomic mass is 79.9. The van der Waals surface area contributed by atoms with E-state index in [9.17, 15) is 4.39 Å². The average molecular weight is 448 g/mol. The average Bonchev–Trinajstić information content (AvgIpc) is 3.31. The molecule has 1 fully saturated rings. The first-order valence-corrected chi connectivity index (χ1v) is 10.0. The summed E-state index contributed by atoms with van der Waals surface area (Å²) < 4.78 is 20.6. The van der Waals surface area contributed by atoms with Crippen LogP contribution in [0.15, 0.2) is 38.6 Å². The summed E-state index contributed by atoms with van der Waals surface area (Å²) in [6, 6.07) is 8.52. The third-order valence-electron chi connectivity index (χ3n) is 4.40.